The Morgan fingerprint density at radius 1 is 1.26 bits per heavy atom. The third-order valence-corrected chi connectivity index (χ3v) is 8.52. The van der Waals surface area contributed by atoms with Crippen molar-refractivity contribution in [2.45, 2.75) is 79.2 Å². The van der Waals surface area contributed by atoms with E-state index in [2.05, 4.69) is 53.7 Å². The van der Waals surface area contributed by atoms with Crippen molar-refractivity contribution in [3.8, 4) is 0 Å². The summed E-state index contributed by atoms with van der Waals surface area (Å²) in [4.78, 5) is 0. The van der Waals surface area contributed by atoms with E-state index in [9.17, 15) is 0 Å². The Kier molecular flexibility index (Phi) is 3.21. The van der Waals surface area contributed by atoms with Crippen LogP contribution in [0.2, 0.25) is 0 Å². The molecular formula is C22H34O. The van der Waals surface area contributed by atoms with E-state index in [1.807, 2.05) is 0 Å². The van der Waals surface area contributed by atoms with Gasteiger partial charge in [-0.2, -0.15) is 0 Å². The number of rotatable bonds is 4. The Morgan fingerprint density at radius 2 is 2.00 bits per heavy atom. The third-order valence-electron chi connectivity index (χ3n) is 8.52. The second-order valence-corrected chi connectivity index (χ2v) is 9.52. The fraction of sp³-hybridized carbons (Fsp3) is 0.818. The second-order valence-electron chi connectivity index (χ2n) is 9.52. The van der Waals surface area contributed by atoms with Crippen LogP contribution in [0.5, 0.6) is 0 Å². The molecule has 0 radical (unpaired) electrons. The minimum atomic E-state index is 0.146. The van der Waals surface area contributed by atoms with Crippen molar-refractivity contribution in [3.05, 3.63) is 23.5 Å². The van der Waals surface area contributed by atoms with Gasteiger partial charge in [-0.3, -0.25) is 0 Å². The van der Waals surface area contributed by atoms with E-state index in [0.717, 1.165) is 5.92 Å². The quantitative estimate of drug-likeness (QED) is 0.568. The number of hydrogen-bond donors (Lipinski definition) is 0. The van der Waals surface area contributed by atoms with Gasteiger partial charge in [-0.25, -0.2) is 0 Å². The van der Waals surface area contributed by atoms with E-state index in [0.29, 0.717) is 28.6 Å². The van der Waals surface area contributed by atoms with E-state index >= 15 is 0 Å². The molecule has 128 valence electrons. The molecule has 0 bridgehead atoms. The number of ether oxygens (including phenoxy) is 1. The lowest BCUT2D eigenvalue weighted by molar-refractivity contribution is -0.300. The molecule has 0 amide bonds. The molecule has 1 heterocycles. The SMILES string of the molecule is CCCC1C(C)=CCC23C=C4OC(C(C)C(C)C)(CCC12C)C43. The van der Waals surface area contributed by atoms with Crippen LogP contribution in [-0.2, 0) is 4.74 Å². The van der Waals surface area contributed by atoms with Crippen LogP contribution in [-0.4, -0.2) is 5.60 Å². The zero-order chi connectivity index (χ0) is 16.6. The van der Waals surface area contributed by atoms with E-state index in [1.165, 1.54) is 37.9 Å². The normalized spacial score (nSPS) is 48.1. The van der Waals surface area contributed by atoms with Crippen molar-refractivity contribution < 1.29 is 4.74 Å². The van der Waals surface area contributed by atoms with Gasteiger partial charge in [-0.05, 0) is 61.9 Å². The first-order chi connectivity index (χ1) is 10.8. The molecule has 1 aliphatic heterocycles. The highest BCUT2D eigenvalue weighted by atomic mass is 16.5. The van der Waals surface area contributed by atoms with Crippen LogP contribution in [0.1, 0.15) is 73.6 Å². The molecule has 0 aromatic carbocycles. The van der Waals surface area contributed by atoms with E-state index < -0.39 is 0 Å². The monoisotopic (exact) mass is 314 g/mol. The molecule has 4 aliphatic rings. The molecule has 4 rings (SSSR count). The third kappa shape index (κ3) is 1.60. The van der Waals surface area contributed by atoms with Crippen molar-refractivity contribution in [2.24, 2.45) is 34.5 Å². The standard InChI is InChI=1S/C22H34O/c1-7-8-17-15(4)9-10-21-13-18-19(21)22(23-18,16(5)14(2)3)12-11-20(17,21)6/h9,13-14,16-17,19H,7-8,10-12H2,1-6H3. The highest BCUT2D eigenvalue weighted by Gasteiger charge is 2.77. The Bertz CT molecular complexity index is 585. The maximum absolute atomic E-state index is 6.47. The summed E-state index contributed by atoms with van der Waals surface area (Å²) in [5.41, 5.74) is 2.64. The van der Waals surface area contributed by atoms with Gasteiger partial charge in [0, 0.05) is 5.41 Å². The van der Waals surface area contributed by atoms with Crippen molar-refractivity contribution in [2.75, 3.05) is 0 Å². The van der Waals surface area contributed by atoms with Crippen LogP contribution in [0.4, 0.5) is 0 Å². The first-order valence-corrected chi connectivity index (χ1v) is 9.91. The van der Waals surface area contributed by atoms with Crippen LogP contribution in [0.25, 0.3) is 0 Å². The Hall–Kier alpha value is -0.720. The number of hydrogen-bond acceptors (Lipinski definition) is 1. The first kappa shape index (κ1) is 15.8. The van der Waals surface area contributed by atoms with Gasteiger partial charge in [-0.15, -0.1) is 0 Å². The summed E-state index contributed by atoms with van der Waals surface area (Å²) in [6.07, 6.45) is 11.6. The minimum Gasteiger partial charge on any atom is -0.490 e. The molecule has 1 nitrogen and oxygen atoms in total. The van der Waals surface area contributed by atoms with Gasteiger partial charge in [0.25, 0.3) is 0 Å². The van der Waals surface area contributed by atoms with Gasteiger partial charge >= 0.3 is 0 Å². The average Bonchev–Trinajstić information content (AvgIpc) is 2.47. The summed E-state index contributed by atoms with van der Waals surface area (Å²) in [6.45, 7) is 14.5. The molecule has 1 spiro atoms. The van der Waals surface area contributed by atoms with Crippen molar-refractivity contribution in [3.63, 3.8) is 0 Å². The summed E-state index contributed by atoms with van der Waals surface area (Å²) in [6, 6.07) is 0. The zero-order valence-corrected chi connectivity index (χ0v) is 15.9. The van der Waals surface area contributed by atoms with E-state index in [4.69, 9.17) is 4.74 Å². The molecule has 0 N–H and O–H groups in total. The molecule has 1 saturated carbocycles. The van der Waals surface area contributed by atoms with Crippen LogP contribution in [0.3, 0.4) is 0 Å². The zero-order valence-electron chi connectivity index (χ0n) is 15.9. The molecule has 2 fully saturated rings. The lowest BCUT2D eigenvalue weighted by Crippen LogP contribution is -2.75. The van der Waals surface area contributed by atoms with Crippen molar-refractivity contribution in [1.29, 1.82) is 0 Å². The highest BCUT2D eigenvalue weighted by Crippen LogP contribution is 2.78. The smallest absolute Gasteiger partial charge is 0.122 e. The van der Waals surface area contributed by atoms with Gasteiger partial charge in [0.15, 0.2) is 0 Å². The maximum Gasteiger partial charge on any atom is 0.122 e. The van der Waals surface area contributed by atoms with Crippen LogP contribution in [0, 0.1) is 34.5 Å². The summed E-state index contributed by atoms with van der Waals surface area (Å²) in [5, 5.41) is 0. The van der Waals surface area contributed by atoms with Gasteiger partial charge in [0.2, 0.25) is 0 Å². The maximum atomic E-state index is 6.47. The second kappa shape index (κ2) is 4.67. The summed E-state index contributed by atoms with van der Waals surface area (Å²) >= 11 is 0. The fourth-order valence-corrected chi connectivity index (χ4v) is 6.81. The van der Waals surface area contributed by atoms with Crippen LogP contribution >= 0.6 is 0 Å². The largest absolute Gasteiger partial charge is 0.490 e. The summed E-state index contributed by atoms with van der Waals surface area (Å²) in [5.74, 6) is 4.17. The topological polar surface area (TPSA) is 9.23 Å². The van der Waals surface area contributed by atoms with Crippen molar-refractivity contribution in [1.82, 2.24) is 0 Å². The van der Waals surface area contributed by atoms with Gasteiger partial charge < -0.3 is 4.74 Å². The average molecular weight is 315 g/mol. The highest BCUT2D eigenvalue weighted by molar-refractivity contribution is 5.44. The predicted octanol–water partition coefficient (Wildman–Crippen LogP) is 6.11. The van der Waals surface area contributed by atoms with Gasteiger partial charge in [0.05, 0.1) is 5.92 Å². The van der Waals surface area contributed by atoms with Crippen molar-refractivity contribution >= 4 is 0 Å². The van der Waals surface area contributed by atoms with Crippen LogP contribution < -0.4 is 0 Å². The minimum absolute atomic E-state index is 0.146. The molecule has 0 aromatic heterocycles. The lowest BCUT2D eigenvalue weighted by atomic mass is 9.34. The molecule has 23 heavy (non-hydrogen) atoms. The van der Waals surface area contributed by atoms with Gasteiger partial charge in [0.1, 0.15) is 11.4 Å². The lowest BCUT2D eigenvalue weighted by Gasteiger charge is -2.76. The Labute approximate surface area is 142 Å². The summed E-state index contributed by atoms with van der Waals surface area (Å²) in [7, 11) is 0. The number of allylic oxidation sites excluding steroid dienone is 3. The molecule has 3 aliphatic carbocycles. The van der Waals surface area contributed by atoms with E-state index in [-0.39, 0.29) is 5.60 Å². The fourth-order valence-electron chi connectivity index (χ4n) is 6.81. The van der Waals surface area contributed by atoms with Crippen LogP contribution in [0.15, 0.2) is 23.5 Å². The predicted molar refractivity (Wildman–Crippen MR) is 95.9 cm³/mol. The molecule has 6 atom stereocenters. The first-order valence-electron chi connectivity index (χ1n) is 9.91. The van der Waals surface area contributed by atoms with Gasteiger partial charge in [-0.1, -0.05) is 52.7 Å². The Balaban J connectivity index is 1.76. The molecule has 1 saturated heterocycles. The Morgan fingerprint density at radius 3 is 2.61 bits per heavy atom. The summed E-state index contributed by atoms with van der Waals surface area (Å²) < 4.78 is 6.47. The molecule has 0 aromatic rings. The van der Waals surface area contributed by atoms with E-state index in [1.54, 1.807) is 5.57 Å². The molecule has 6 unspecified atom stereocenters. The molecular weight excluding hydrogens is 280 g/mol. The molecule has 1 heteroatoms.